The minimum atomic E-state index is 0.765. The molecule has 1 saturated carbocycles. The van der Waals surface area contributed by atoms with Gasteiger partial charge >= 0.3 is 0 Å². The monoisotopic (exact) mass is 228 g/mol. The van der Waals surface area contributed by atoms with Crippen molar-refractivity contribution in [3.05, 3.63) is 0 Å². The van der Waals surface area contributed by atoms with Gasteiger partial charge in [-0.25, -0.2) is 0 Å². The first-order valence-corrected chi connectivity index (χ1v) is 6.79. The molecule has 0 atom stereocenters. The Kier molecular flexibility index (Phi) is 7.01. The van der Waals surface area contributed by atoms with Crippen LogP contribution in [0.25, 0.3) is 0 Å². The molecule has 0 aromatic carbocycles. The molecule has 1 aliphatic rings. The van der Waals surface area contributed by atoms with Crippen molar-refractivity contribution in [1.29, 1.82) is 0 Å². The first kappa shape index (κ1) is 13.9. The summed E-state index contributed by atoms with van der Waals surface area (Å²) in [5.74, 6) is 0. The second-order valence-corrected chi connectivity index (χ2v) is 4.74. The summed E-state index contributed by atoms with van der Waals surface area (Å²) in [6.45, 7) is 8.14. The van der Waals surface area contributed by atoms with E-state index >= 15 is 0 Å². The van der Waals surface area contributed by atoms with Gasteiger partial charge in [0, 0.05) is 25.2 Å². The second-order valence-electron chi connectivity index (χ2n) is 4.74. The second kappa shape index (κ2) is 8.04. The van der Waals surface area contributed by atoms with Crippen molar-refractivity contribution in [3.8, 4) is 0 Å². The maximum atomic E-state index is 5.40. The zero-order valence-corrected chi connectivity index (χ0v) is 11.2. The molecule has 0 heterocycles. The van der Waals surface area contributed by atoms with Crippen LogP contribution >= 0.6 is 0 Å². The van der Waals surface area contributed by atoms with Crippen LogP contribution in [0.15, 0.2) is 0 Å². The lowest BCUT2D eigenvalue weighted by atomic mass is 9.90. The first-order chi connectivity index (χ1) is 7.77. The van der Waals surface area contributed by atoms with Crippen LogP contribution < -0.4 is 5.32 Å². The lowest BCUT2D eigenvalue weighted by Gasteiger charge is -2.34. The van der Waals surface area contributed by atoms with Gasteiger partial charge < -0.3 is 15.0 Å². The van der Waals surface area contributed by atoms with E-state index in [2.05, 4.69) is 31.1 Å². The third-order valence-corrected chi connectivity index (χ3v) is 3.61. The highest BCUT2D eigenvalue weighted by Crippen LogP contribution is 2.22. The minimum absolute atomic E-state index is 0.765. The zero-order chi connectivity index (χ0) is 11.8. The Morgan fingerprint density at radius 2 is 1.88 bits per heavy atom. The molecular formula is C13H28N2O. The van der Waals surface area contributed by atoms with Crippen molar-refractivity contribution in [2.75, 3.05) is 33.4 Å². The van der Waals surface area contributed by atoms with Gasteiger partial charge in [0.15, 0.2) is 0 Å². The van der Waals surface area contributed by atoms with Gasteiger partial charge in [0.2, 0.25) is 0 Å². The van der Waals surface area contributed by atoms with E-state index in [1.54, 1.807) is 0 Å². The van der Waals surface area contributed by atoms with Gasteiger partial charge in [-0.05, 0) is 46.2 Å². The van der Waals surface area contributed by atoms with E-state index in [-0.39, 0.29) is 0 Å². The van der Waals surface area contributed by atoms with Gasteiger partial charge in [-0.3, -0.25) is 0 Å². The fourth-order valence-electron chi connectivity index (χ4n) is 2.54. The summed E-state index contributed by atoms with van der Waals surface area (Å²) in [4.78, 5) is 2.47. The van der Waals surface area contributed by atoms with Crippen molar-refractivity contribution in [1.82, 2.24) is 10.2 Å². The van der Waals surface area contributed by atoms with Crippen molar-refractivity contribution >= 4 is 0 Å². The lowest BCUT2D eigenvalue weighted by Crippen LogP contribution is -2.41. The van der Waals surface area contributed by atoms with E-state index in [1.165, 1.54) is 25.7 Å². The Bertz CT molecular complexity index is 167. The Labute approximate surface area is 101 Å². The summed E-state index contributed by atoms with van der Waals surface area (Å²) in [6.07, 6.45) is 5.33. The van der Waals surface area contributed by atoms with Crippen LogP contribution in [0.1, 0.15) is 39.5 Å². The van der Waals surface area contributed by atoms with Crippen LogP contribution in [0, 0.1) is 0 Å². The van der Waals surface area contributed by atoms with Crippen molar-refractivity contribution < 1.29 is 4.74 Å². The average Bonchev–Trinajstić information content (AvgIpc) is 2.30. The molecule has 0 aromatic rings. The largest absolute Gasteiger partial charge is 0.380 e. The summed E-state index contributed by atoms with van der Waals surface area (Å²) < 4.78 is 5.40. The molecule has 0 aliphatic heterocycles. The summed E-state index contributed by atoms with van der Waals surface area (Å²) in [5, 5.41) is 3.55. The van der Waals surface area contributed by atoms with Crippen LogP contribution in [-0.2, 0) is 4.74 Å². The van der Waals surface area contributed by atoms with Gasteiger partial charge in [0.1, 0.15) is 0 Å². The molecule has 1 fully saturated rings. The molecule has 16 heavy (non-hydrogen) atoms. The van der Waals surface area contributed by atoms with E-state index in [9.17, 15) is 0 Å². The summed E-state index contributed by atoms with van der Waals surface area (Å²) in [7, 11) is 2.23. The van der Waals surface area contributed by atoms with E-state index in [0.29, 0.717) is 0 Å². The molecule has 0 spiro atoms. The molecule has 1 N–H and O–H groups in total. The number of nitrogens with zero attached hydrogens (tertiary/aromatic N) is 1. The van der Waals surface area contributed by atoms with Gasteiger partial charge in [-0.15, -0.1) is 0 Å². The summed E-state index contributed by atoms with van der Waals surface area (Å²) >= 11 is 0. The van der Waals surface area contributed by atoms with E-state index in [0.717, 1.165) is 38.4 Å². The van der Waals surface area contributed by atoms with Crippen LogP contribution in [0.2, 0.25) is 0 Å². The lowest BCUT2D eigenvalue weighted by molar-refractivity contribution is 0.0941. The SMILES string of the molecule is CCNC1CCC(N(C)CCOCC)CC1. The summed E-state index contributed by atoms with van der Waals surface area (Å²) in [5.41, 5.74) is 0. The minimum Gasteiger partial charge on any atom is -0.380 e. The highest BCUT2D eigenvalue weighted by molar-refractivity contribution is 4.81. The van der Waals surface area contributed by atoms with Crippen LogP contribution in [0.4, 0.5) is 0 Å². The molecule has 0 unspecified atom stereocenters. The van der Waals surface area contributed by atoms with Gasteiger partial charge in [0.05, 0.1) is 6.61 Å². The van der Waals surface area contributed by atoms with Gasteiger partial charge in [-0.2, -0.15) is 0 Å². The molecular weight excluding hydrogens is 200 g/mol. The van der Waals surface area contributed by atoms with E-state index < -0.39 is 0 Å². The van der Waals surface area contributed by atoms with Crippen molar-refractivity contribution in [3.63, 3.8) is 0 Å². The third-order valence-electron chi connectivity index (χ3n) is 3.61. The normalized spacial score (nSPS) is 26.2. The molecule has 3 heteroatoms. The smallest absolute Gasteiger partial charge is 0.0593 e. The fourth-order valence-corrected chi connectivity index (χ4v) is 2.54. The highest BCUT2D eigenvalue weighted by Gasteiger charge is 2.22. The Hall–Kier alpha value is -0.120. The number of hydrogen-bond donors (Lipinski definition) is 1. The molecule has 1 rings (SSSR count). The van der Waals surface area contributed by atoms with Gasteiger partial charge in [0.25, 0.3) is 0 Å². The topological polar surface area (TPSA) is 24.5 Å². The molecule has 1 aliphatic carbocycles. The first-order valence-electron chi connectivity index (χ1n) is 6.79. The Morgan fingerprint density at radius 3 is 2.44 bits per heavy atom. The fraction of sp³-hybridized carbons (Fsp3) is 1.00. The Morgan fingerprint density at radius 1 is 1.19 bits per heavy atom. The zero-order valence-electron chi connectivity index (χ0n) is 11.2. The molecule has 0 saturated heterocycles. The third kappa shape index (κ3) is 4.81. The molecule has 0 aromatic heterocycles. The number of nitrogens with one attached hydrogen (secondary N) is 1. The molecule has 3 nitrogen and oxygen atoms in total. The molecule has 0 bridgehead atoms. The number of hydrogen-bond acceptors (Lipinski definition) is 3. The van der Waals surface area contributed by atoms with Crippen molar-refractivity contribution in [2.45, 2.75) is 51.6 Å². The van der Waals surface area contributed by atoms with Gasteiger partial charge in [-0.1, -0.05) is 6.92 Å². The Balaban J connectivity index is 2.14. The molecule has 0 radical (unpaired) electrons. The predicted molar refractivity (Wildman–Crippen MR) is 68.8 cm³/mol. The maximum Gasteiger partial charge on any atom is 0.0593 e. The summed E-state index contributed by atoms with van der Waals surface area (Å²) in [6, 6.07) is 1.54. The quantitative estimate of drug-likeness (QED) is 0.673. The van der Waals surface area contributed by atoms with E-state index in [1.807, 2.05) is 0 Å². The van der Waals surface area contributed by atoms with Crippen molar-refractivity contribution in [2.24, 2.45) is 0 Å². The number of likely N-dealkylation sites (N-methyl/N-ethyl adjacent to an activating group) is 1. The highest BCUT2D eigenvalue weighted by atomic mass is 16.5. The van der Waals surface area contributed by atoms with E-state index in [4.69, 9.17) is 4.74 Å². The standard InChI is InChI=1S/C13H28N2O/c1-4-14-12-6-8-13(9-7-12)15(3)10-11-16-5-2/h12-14H,4-11H2,1-3H3. The number of ether oxygens (including phenoxy) is 1. The van der Waals surface area contributed by atoms with Crippen LogP contribution in [-0.4, -0.2) is 50.3 Å². The molecule has 0 amide bonds. The average molecular weight is 228 g/mol. The predicted octanol–water partition coefficient (Wildman–Crippen LogP) is 1.88. The maximum absolute atomic E-state index is 5.40. The molecule has 96 valence electrons. The van der Waals surface area contributed by atoms with Crippen LogP contribution in [0.3, 0.4) is 0 Å². The van der Waals surface area contributed by atoms with Crippen LogP contribution in [0.5, 0.6) is 0 Å². The number of rotatable bonds is 7.